The first-order valence-corrected chi connectivity index (χ1v) is 5.07. The van der Waals surface area contributed by atoms with Crippen molar-refractivity contribution in [2.45, 2.75) is 13.0 Å². The summed E-state index contributed by atoms with van der Waals surface area (Å²) in [7, 11) is 1.72. The van der Waals surface area contributed by atoms with E-state index in [1.165, 1.54) is 11.1 Å². The SMILES string of the molecule is COc1cccc2c1CN(Br)CC2.Cl. The Labute approximate surface area is 99.0 Å². The third-order valence-electron chi connectivity index (χ3n) is 2.40. The van der Waals surface area contributed by atoms with E-state index in [1.807, 2.05) is 6.07 Å². The van der Waals surface area contributed by atoms with Gasteiger partial charge >= 0.3 is 0 Å². The summed E-state index contributed by atoms with van der Waals surface area (Å²) >= 11 is 3.50. The number of hydrogen-bond acceptors (Lipinski definition) is 2. The molecule has 1 heterocycles. The summed E-state index contributed by atoms with van der Waals surface area (Å²) in [5, 5.41) is 0. The molecule has 1 aromatic rings. The quantitative estimate of drug-likeness (QED) is 0.733. The molecule has 1 aromatic carbocycles. The molecule has 0 radical (unpaired) electrons. The van der Waals surface area contributed by atoms with Gasteiger partial charge in [-0.1, -0.05) is 12.1 Å². The van der Waals surface area contributed by atoms with Crippen molar-refractivity contribution >= 4 is 28.6 Å². The number of methoxy groups -OCH3 is 1. The van der Waals surface area contributed by atoms with E-state index in [0.717, 1.165) is 25.3 Å². The lowest BCUT2D eigenvalue weighted by Crippen LogP contribution is -2.22. The maximum atomic E-state index is 5.31. The van der Waals surface area contributed by atoms with Crippen LogP contribution in [-0.4, -0.2) is 17.6 Å². The summed E-state index contributed by atoms with van der Waals surface area (Å²) in [4.78, 5) is 0. The maximum Gasteiger partial charge on any atom is 0.123 e. The van der Waals surface area contributed by atoms with Gasteiger partial charge in [0.05, 0.1) is 7.11 Å². The molecule has 0 fully saturated rings. The number of rotatable bonds is 1. The average Bonchev–Trinajstić information content (AvgIpc) is 2.17. The lowest BCUT2D eigenvalue weighted by Gasteiger charge is -2.24. The minimum atomic E-state index is 0. The minimum absolute atomic E-state index is 0. The standard InChI is InChI=1S/C10H12BrNO.ClH/c1-13-10-4-2-3-8-5-6-12(11)7-9(8)10;/h2-4H,5-7H2,1H3;1H. The molecule has 2 nitrogen and oxygen atoms in total. The third-order valence-corrected chi connectivity index (χ3v) is 3.01. The molecule has 2 rings (SSSR count). The third kappa shape index (κ3) is 2.22. The molecule has 0 atom stereocenters. The van der Waals surface area contributed by atoms with Crippen LogP contribution >= 0.6 is 28.6 Å². The van der Waals surface area contributed by atoms with Crippen molar-refractivity contribution in [3.8, 4) is 5.75 Å². The largest absolute Gasteiger partial charge is 0.496 e. The Morgan fingerprint density at radius 3 is 2.93 bits per heavy atom. The molecule has 0 aromatic heterocycles. The Hall–Kier alpha value is -0.250. The number of halogens is 2. The zero-order valence-electron chi connectivity index (χ0n) is 8.00. The second-order valence-electron chi connectivity index (χ2n) is 3.19. The highest BCUT2D eigenvalue weighted by molar-refractivity contribution is 9.07. The Bertz CT molecular complexity index is 305. The predicted octanol–water partition coefficient (Wildman–Crippen LogP) is 2.79. The van der Waals surface area contributed by atoms with Crippen LogP contribution in [0.15, 0.2) is 18.2 Å². The van der Waals surface area contributed by atoms with E-state index in [0.29, 0.717) is 0 Å². The van der Waals surface area contributed by atoms with Gasteiger partial charge in [-0.2, -0.15) is 0 Å². The van der Waals surface area contributed by atoms with Gasteiger partial charge in [0, 0.05) is 34.8 Å². The first-order chi connectivity index (χ1) is 6.31. The van der Waals surface area contributed by atoms with Gasteiger partial charge in [-0.05, 0) is 18.1 Å². The molecule has 4 heteroatoms. The normalized spacial score (nSPS) is 15.6. The first kappa shape index (κ1) is 11.8. The Morgan fingerprint density at radius 1 is 1.43 bits per heavy atom. The smallest absolute Gasteiger partial charge is 0.123 e. The summed E-state index contributed by atoms with van der Waals surface area (Å²) in [6, 6.07) is 6.25. The average molecular weight is 279 g/mol. The lowest BCUT2D eigenvalue weighted by atomic mass is 10.0. The Morgan fingerprint density at radius 2 is 2.21 bits per heavy atom. The van der Waals surface area contributed by atoms with E-state index < -0.39 is 0 Å². The van der Waals surface area contributed by atoms with E-state index in [-0.39, 0.29) is 12.4 Å². The zero-order chi connectivity index (χ0) is 9.26. The summed E-state index contributed by atoms with van der Waals surface area (Å²) in [6.07, 6.45) is 1.10. The Balaban J connectivity index is 0.000000980. The topological polar surface area (TPSA) is 12.5 Å². The van der Waals surface area contributed by atoms with Crippen LogP contribution in [-0.2, 0) is 13.0 Å². The first-order valence-electron chi connectivity index (χ1n) is 4.36. The second kappa shape index (κ2) is 5.01. The van der Waals surface area contributed by atoms with Crippen LogP contribution in [0.25, 0.3) is 0 Å². The van der Waals surface area contributed by atoms with Crippen LogP contribution < -0.4 is 4.74 Å². The summed E-state index contributed by atoms with van der Waals surface area (Å²) in [5.41, 5.74) is 2.73. The van der Waals surface area contributed by atoms with Crippen molar-refractivity contribution in [1.82, 2.24) is 3.93 Å². The number of ether oxygens (including phenoxy) is 1. The van der Waals surface area contributed by atoms with E-state index in [9.17, 15) is 0 Å². The highest BCUT2D eigenvalue weighted by Crippen LogP contribution is 2.28. The van der Waals surface area contributed by atoms with Crippen LogP contribution in [0.3, 0.4) is 0 Å². The fourth-order valence-electron chi connectivity index (χ4n) is 1.71. The molecule has 0 saturated heterocycles. The zero-order valence-corrected chi connectivity index (χ0v) is 10.4. The van der Waals surface area contributed by atoms with Crippen LogP contribution in [0.2, 0.25) is 0 Å². The molecule has 0 unspecified atom stereocenters. The maximum absolute atomic E-state index is 5.31. The van der Waals surface area contributed by atoms with Crippen LogP contribution in [0.5, 0.6) is 5.75 Å². The number of fused-ring (bicyclic) bond motifs is 1. The van der Waals surface area contributed by atoms with Crippen LogP contribution in [0.4, 0.5) is 0 Å². The van der Waals surface area contributed by atoms with Crippen molar-refractivity contribution in [2.24, 2.45) is 0 Å². The second-order valence-corrected chi connectivity index (χ2v) is 4.20. The molecule has 0 bridgehead atoms. The van der Waals surface area contributed by atoms with Crippen LogP contribution in [0.1, 0.15) is 11.1 Å². The molecule has 1 aliphatic rings. The van der Waals surface area contributed by atoms with E-state index in [1.54, 1.807) is 7.11 Å². The monoisotopic (exact) mass is 277 g/mol. The van der Waals surface area contributed by atoms with Gasteiger partial charge in [-0.25, -0.2) is 3.93 Å². The predicted molar refractivity (Wildman–Crippen MR) is 63.3 cm³/mol. The highest BCUT2D eigenvalue weighted by Gasteiger charge is 2.17. The molecule has 0 spiro atoms. The molecule has 78 valence electrons. The molecular weight excluding hydrogens is 265 g/mol. The highest BCUT2D eigenvalue weighted by atomic mass is 79.9. The summed E-state index contributed by atoms with van der Waals surface area (Å²) in [5.74, 6) is 1.00. The minimum Gasteiger partial charge on any atom is -0.496 e. The van der Waals surface area contributed by atoms with Gasteiger partial charge in [-0.3, -0.25) is 0 Å². The molecule has 0 saturated carbocycles. The van der Waals surface area contributed by atoms with Gasteiger partial charge in [0.1, 0.15) is 5.75 Å². The van der Waals surface area contributed by atoms with Crippen molar-refractivity contribution < 1.29 is 4.74 Å². The van der Waals surface area contributed by atoms with E-state index >= 15 is 0 Å². The van der Waals surface area contributed by atoms with Crippen molar-refractivity contribution in [2.75, 3.05) is 13.7 Å². The van der Waals surface area contributed by atoms with Gasteiger partial charge in [0.25, 0.3) is 0 Å². The van der Waals surface area contributed by atoms with Gasteiger partial charge in [-0.15, -0.1) is 12.4 Å². The number of hydrogen-bond donors (Lipinski definition) is 0. The summed E-state index contributed by atoms with van der Waals surface area (Å²) < 4.78 is 7.45. The molecule has 0 aliphatic carbocycles. The lowest BCUT2D eigenvalue weighted by molar-refractivity contribution is 0.388. The van der Waals surface area contributed by atoms with Crippen LogP contribution in [0, 0.1) is 0 Å². The molecular formula is C10H13BrClNO. The molecule has 14 heavy (non-hydrogen) atoms. The van der Waals surface area contributed by atoms with Gasteiger partial charge in [0.15, 0.2) is 0 Å². The van der Waals surface area contributed by atoms with Gasteiger partial charge in [0.2, 0.25) is 0 Å². The molecule has 0 N–H and O–H groups in total. The fraction of sp³-hybridized carbons (Fsp3) is 0.400. The van der Waals surface area contributed by atoms with E-state index in [4.69, 9.17) is 4.74 Å². The van der Waals surface area contributed by atoms with Crippen molar-refractivity contribution in [3.63, 3.8) is 0 Å². The van der Waals surface area contributed by atoms with Crippen molar-refractivity contribution in [3.05, 3.63) is 29.3 Å². The molecule has 0 amide bonds. The summed E-state index contributed by atoms with van der Waals surface area (Å²) in [6.45, 7) is 2.00. The van der Waals surface area contributed by atoms with E-state index in [2.05, 4.69) is 32.2 Å². The fourth-order valence-corrected chi connectivity index (χ4v) is 2.14. The van der Waals surface area contributed by atoms with Crippen molar-refractivity contribution in [1.29, 1.82) is 0 Å². The Kier molecular flexibility index (Phi) is 4.23. The van der Waals surface area contributed by atoms with Gasteiger partial charge < -0.3 is 4.74 Å². The number of benzene rings is 1. The number of nitrogens with zero attached hydrogens (tertiary/aromatic N) is 1. The molecule has 1 aliphatic heterocycles.